The molecule has 1 rings (SSSR count). The van der Waals surface area contributed by atoms with Gasteiger partial charge in [-0.1, -0.05) is 6.08 Å². The van der Waals surface area contributed by atoms with Crippen molar-refractivity contribution < 1.29 is 9.13 Å². The summed E-state index contributed by atoms with van der Waals surface area (Å²) in [7, 11) is 0. The lowest BCUT2D eigenvalue weighted by Crippen LogP contribution is -2.13. The van der Waals surface area contributed by atoms with E-state index in [2.05, 4.69) is 17.4 Å². The number of halogens is 1. The number of hydrogen-bond donors (Lipinski definition) is 0. The first-order valence-electron chi connectivity index (χ1n) is 2.12. The summed E-state index contributed by atoms with van der Waals surface area (Å²) in [6.45, 7) is 0. The highest BCUT2D eigenvalue weighted by Gasteiger charge is 2.22. The van der Waals surface area contributed by atoms with Crippen LogP contribution in [-0.4, -0.2) is 5.19 Å². The van der Waals surface area contributed by atoms with Crippen molar-refractivity contribution in [1.82, 2.24) is 0 Å². The lowest BCUT2D eigenvalue weighted by molar-refractivity contribution is 0.0321. The summed E-state index contributed by atoms with van der Waals surface area (Å²) in [6.07, 6.45) is 5.48. The Balaban J connectivity index is 2.65. The molecule has 0 saturated heterocycles. The summed E-state index contributed by atoms with van der Waals surface area (Å²) in [4.78, 5) is 0. The van der Waals surface area contributed by atoms with Crippen molar-refractivity contribution in [1.29, 1.82) is 0 Å². The monoisotopic (exact) mass is 131 g/mol. The SMILES string of the molecule is FC1([S])C=CC=CO1. The van der Waals surface area contributed by atoms with Gasteiger partial charge in [-0.2, -0.15) is 4.39 Å². The molecule has 0 N–H and O–H groups in total. The van der Waals surface area contributed by atoms with Crippen LogP contribution in [0.5, 0.6) is 0 Å². The molecule has 1 atom stereocenters. The molecule has 0 aromatic heterocycles. The van der Waals surface area contributed by atoms with Crippen LogP contribution in [-0.2, 0) is 4.74 Å². The molecule has 8 heavy (non-hydrogen) atoms. The Kier molecular flexibility index (Phi) is 1.29. The Morgan fingerprint density at radius 3 is 2.50 bits per heavy atom. The van der Waals surface area contributed by atoms with E-state index in [1.165, 1.54) is 18.4 Å². The summed E-state index contributed by atoms with van der Waals surface area (Å²) in [5, 5.41) is -2.01. The second kappa shape index (κ2) is 1.82. The summed E-state index contributed by atoms with van der Waals surface area (Å²) in [5.41, 5.74) is 0. The van der Waals surface area contributed by atoms with Gasteiger partial charge in [0.2, 0.25) is 0 Å². The largest absolute Gasteiger partial charge is 0.453 e. The lowest BCUT2D eigenvalue weighted by atomic mass is 10.4. The minimum Gasteiger partial charge on any atom is -0.453 e. The highest BCUT2D eigenvalue weighted by Crippen LogP contribution is 2.22. The average molecular weight is 131 g/mol. The third-order valence-corrected chi connectivity index (χ3v) is 0.946. The number of alkyl halides is 1. The zero-order valence-electron chi connectivity index (χ0n) is 4.00. The fourth-order valence-electron chi connectivity index (χ4n) is 0.387. The summed E-state index contributed by atoms with van der Waals surface area (Å²) >= 11 is 4.27. The Hall–Kier alpha value is -0.440. The van der Waals surface area contributed by atoms with E-state index in [1.54, 1.807) is 6.08 Å². The topological polar surface area (TPSA) is 9.23 Å². The molecule has 0 bridgehead atoms. The van der Waals surface area contributed by atoms with Gasteiger partial charge in [-0.05, 0) is 6.08 Å². The van der Waals surface area contributed by atoms with E-state index in [0.29, 0.717) is 0 Å². The van der Waals surface area contributed by atoms with Crippen LogP contribution in [0.3, 0.4) is 0 Å². The van der Waals surface area contributed by atoms with E-state index >= 15 is 0 Å². The molecule has 1 aliphatic heterocycles. The molecule has 0 aliphatic carbocycles. The molecule has 1 aliphatic rings. The van der Waals surface area contributed by atoms with E-state index in [1.807, 2.05) is 0 Å². The molecule has 0 aromatic rings. The molecule has 0 fully saturated rings. The standard InChI is InChI=1S/C5H4FOS/c6-5(8)3-1-2-4-7-5/h1-4H. The van der Waals surface area contributed by atoms with Crippen molar-refractivity contribution in [3.05, 3.63) is 24.5 Å². The van der Waals surface area contributed by atoms with E-state index < -0.39 is 5.19 Å². The maximum absolute atomic E-state index is 12.3. The first-order chi connectivity index (χ1) is 3.71. The molecule has 0 saturated carbocycles. The van der Waals surface area contributed by atoms with Gasteiger partial charge in [0.1, 0.15) is 0 Å². The minimum atomic E-state index is -2.01. The molecule has 0 amide bonds. The Bertz CT molecular complexity index is 139. The van der Waals surface area contributed by atoms with Gasteiger partial charge in [-0.25, -0.2) is 0 Å². The first kappa shape index (κ1) is 5.69. The third kappa shape index (κ3) is 1.26. The highest BCUT2D eigenvalue weighted by atomic mass is 32.1. The van der Waals surface area contributed by atoms with Crippen LogP contribution in [0.25, 0.3) is 0 Å². The summed E-state index contributed by atoms with van der Waals surface area (Å²) in [5.74, 6) is 0. The van der Waals surface area contributed by atoms with Gasteiger partial charge >= 0.3 is 5.19 Å². The molecule has 43 valence electrons. The molecule has 3 heteroatoms. The van der Waals surface area contributed by atoms with Gasteiger partial charge < -0.3 is 4.74 Å². The van der Waals surface area contributed by atoms with Crippen molar-refractivity contribution >= 4 is 12.6 Å². The zero-order valence-corrected chi connectivity index (χ0v) is 4.82. The lowest BCUT2D eigenvalue weighted by Gasteiger charge is -2.14. The second-order valence-electron chi connectivity index (χ2n) is 1.39. The van der Waals surface area contributed by atoms with Crippen LogP contribution in [0.15, 0.2) is 24.5 Å². The van der Waals surface area contributed by atoms with Gasteiger partial charge in [0, 0.05) is 18.7 Å². The number of hydrogen-bond acceptors (Lipinski definition) is 1. The molecular formula is C5H4FOS. The second-order valence-corrected chi connectivity index (χ2v) is 1.94. The van der Waals surface area contributed by atoms with E-state index in [4.69, 9.17) is 0 Å². The van der Waals surface area contributed by atoms with Gasteiger partial charge in [0.05, 0.1) is 6.26 Å². The maximum atomic E-state index is 12.3. The van der Waals surface area contributed by atoms with Crippen LogP contribution in [0.2, 0.25) is 0 Å². The van der Waals surface area contributed by atoms with Crippen molar-refractivity contribution in [2.75, 3.05) is 0 Å². The number of rotatable bonds is 0. The normalized spacial score (nSPS) is 34.8. The van der Waals surface area contributed by atoms with Gasteiger partial charge in [-0.3, -0.25) is 0 Å². The smallest absolute Gasteiger partial charge is 0.326 e. The predicted molar refractivity (Wildman–Crippen MR) is 30.8 cm³/mol. The highest BCUT2D eigenvalue weighted by molar-refractivity contribution is 7.81. The molecule has 0 aromatic carbocycles. The predicted octanol–water partition coefficient (Wildman–Crippen LogP) is 1.91. The van der Waals surface area contributed by atoms with Crippen LogP contribution in [0.1, 0.15) is 0 Å². The number of allylic oxidation sites excluding steroid dienone is 2. The van der Waals surface area contributed by atoms with Crippen molar-refractivity contribution in [2.24, 2.45) is 0 Å². The zero-order chi connectivity index (χ0) is 6.04. The molecule has 0 spiro atoms. The first-order valence-corrected chi connectivity index (χ1v) is 2.53. The van der Waals surface area contributed by atoms with Crippen LogP contribution in [0, 0.1) is 0 Å². The fraction of sp³-hybridized carbons (Fsp3) is 0.200. The molecule has 1 heterocycles. The number of ether oxygens (including phenoxy) is 1. The summed E-state index contributed by atoms with van der Waals surface area (Å²) < 4.78 is 16.7. The fourth-order valence-corrected chi connectivity index (χ4v) is 0.521. The van der Waals surface area contributed by atoms with E-state index in [-0.39, 0.29) is 0 Å². The van der Waals surface area contributed by atoms with Crippen molar-refractivity contribution in [2.45, 2.75) is 5.19 Å². The molecule has 1 nitrogen and oxygen atoms in total. The molecule has 1 unspecified atom stereocenters. The van der Waals surface area contributed by atoms with Crippen LogP contribution in [0.4, 0.5) is 4.39 Å². The maximum Gasteiger partial charge on any atom is 0.326 e. The minimum absolute atomic E-state index is 1.17. The molecular weight excluding hydrogens is 127 g/mol. The van der Waals surface area contributed by atoms with E-state index in [0.717, 1.165) is 0 Å². The average Bonchev–Trinajstić information content (AvgIpc) is 1.65. The third-order valence-electron chi connectivity index (χ3n) is 0.714. The Morgan fingerprint density at radius 1 is 1.50 bits per heavy atom. The van der Waals surface area contributed by atoms with Crippen LogP contribution >= 0.6 is 12.6 Å². The Morgan fingerprint density at radius 2 is 2.25 bits per heavy atom. The van der Waals surface area contributed by atoms with E-state index in [9.17, 15) is 4.39 Å². The van der Waals surface area contributed by atoms with Gasteiger partial charge in [-0.15, -0.1) is 0 Å². The van der Waals surface area contributed by atoms with Crippen molar-refractivity contribution in [3.63, 3.8) is 0 Å². The van der Waals surface area contributed by atoms with Crippen LogP contribution < -0.4 is 0 Å². The van der Waals surface area contributed by atoms with Gasteiger partial charge in [0.25, 0.3) is 0 Å². The van der Waals surface area contributed by atoms with Gasteiger partial charge in [0.15, 0.2) is 0 Å². The van der Waals surface area contributed by atoms with Crippen molar-refractivity contribution in [3.8, 4) is 0 Å². The molecule has 1 radical (unpaired) electrons. The Labute approximate surface area is 52.2 Å². The summed E-state index contributed by atoms with van der Waals surface area (Å²) in [6, 6.07) is 0. The quantitative estimate of drug-likeness (QED) is 0.488.